The summed E-state index contributed by atoms with van der Waals surface area (Å²) in [7, 11) is 0. The lowest BCUT2D eigenvalue weighted by atomic mass is 9.74. The summed E-state index contributed by atoms with van der Waals surface area (Å²) < 4.78 is 0. The average Bonchev–Trinajstić information content (AvgIpc) is 2.80. The minimum Gasteiger partial charge on any atom is -0.399 e. The van der Waals surface area contributed by atoms with Crippen LogP contribution in [0.2, 0.25) is 0 Å². The molecule has 0 aliphatic heterocycles. The molecule has 0 heterocycles. The molecule has 0 spiro atoms. The number of aryl methyl sites for hydroxylation is 2. The zero-order valence-electron chi connectivity index (χ0n) is 24.4. The summed E-state index contributed by atoms with van der Waals surface area (Å²) in [5.41, 5.74) is 18.1. The topological polar surface area (TPSA) is 26.0 Å². The van der Waals surface area contributed by atoms with Crippen LogP contribution in [0.25, 0.3) is 0 Å². The van der Waals surface area contributed by atoms with Gasteiger partial charge in [-0.05, 0) is 82.7 Å². The minimum absolute atomic E-state index is 0.0825. The first-order chi connectivity index (χ1) is 16.0. The monoisotopic (exact) mass is 463 g/mol. The molecular weight excluding hydrogens is 410 g/mol. The lowest BCUT2D eigenvalue weighted by molar-refractivity contribution is 0.873. The van der Waals surface area contributed by atoms with E-state index in [0.29, 0.717) is 0 Å². The molecule has 1 aromatic rings. The van der Waals surface area contributed by atoms with E-state index in [0.717, 1.165) is 28.8 Å². The van der Waals surface area contributed by atoms with Crippen LogP contribution >= 0.6 is 0 Å². The van der Waals surface area contributed by atoms with E-state index in [1.54, 1.807) is 0 Å². The van der Waals surface area contributed by atoms with E-state index in [1.165, 1.54) is 39.8 Å². The molecule has 0 aliphatic carbocycles. The molecule has 34 heavy (non-hydrogen) atoms. The molecule has 1 heteroatoms. The molecule has 2 N–H and O–H groups in total. The van der Waals surface area contributed by atoms with Gasteiger partial charge in [-0.1, -0.05) is 101 Å². The van der Waals surface area contributed by atoms with Crippen molar-refractivity contribution in [3.63, 3.8) is 0 Å². The second-order valence-electron chi connectivity index (χ2n) is 8.39. The molecule has 0 saturated carbocycles. The molecule has 0 bridgehead atoms. The van der Waals surface area contributed by atoms with Crippen molar-refractivity contribution in [2.24, 2.45) is 5.73 Å². The van der Waals surface area contributed by atoms with Crippen LogP contribution in [0.15, 0.2) is 76.6 Å². The maximum Gasteiger partial charge on any atom is 0.0350 e. The first-order valence-electron chi connectivity index (χ1n) is 12.5. The number of terminal acetylenes is 1. The van der Waals surface area contributed by atoms with Crippen LogP contribution in [-0.4, -0.2) is 0 Å². The highest BCUT2D eigenvalue weighted by molar-refractivity contribution is 5.58. The standard InChI is InChI=1S/C26H37N.C3H8.C2H6.C2H2/c1-11-19(8)24(16(3)4)26(22-14-13-18(7)15-20(22)9)25(17(5)6)21(10)23(27)12-2;1-3-2;2*1-2/h12-15,26H,3,5,11,27H2,1-2,4,6-10H3;3H2,1-2H3;1-2H3;1-2H/b23-12+,24-19-,25-21+;;;. The largest absolute Gasteiger partial charge is 0.399 e. The molecule has 1 nitrogen and oxygen atoms in total. The van der Waals surface area contributed by atoms with Crippen LogP contribution in [0, 0.1) is 26.7 Å². The Bertz CT molecular complexity index is 884. The average molecular weight is 464 g/mol. The number of benzene rings is 1. The number of hydrogen-bond acceptors (Lipinski definition) is 1. The Balaban J connectivity index is -0.00000124. The highest BCUT2D eigenvalue weighted by Gasteiger charge is 2.27. The number of rotatable bonds is 7. The van der Waals surface area contributed by atoms with Gasteiger partial charge >= 0.3 is 0 Å². The molecule has 0 aromatic heterocycles. The lowest BCUT2D eigenvalue weighted by Crippen LogP contribution is -2.15. The van der Waals surface area contributed by atoms with E-state index >= 15 is 0 Å². The summed E-state index contributed by atoms with van der Waals surface area (Å²) in [5.74, 6) is 0.0825. The van der Waals surface area contributed by atoms with Crippen LogP contribution < -0.4 is 5.73 Å². The molecule has 0 saturated heterocycles. The van der Waals surface area contributed by atoms with Crippen LogP contribution in [0.4, 0.5) is 0 Å². The van der Waals surface area contributed by atoms with Crippen LogP contribution in [0.1, 0.15) is 105 Å². The van der Waals surface area contributed by atoms with Gasteiger partial charge in [0.25, 0.3) is 0 Å². The second-order valence-corrected chi connectivity index (χ2v) is 8.39. The van der Waals surface area contributed by atoms with Gasteiger partial charge in [-0.2, -0.15) is 0 Å². The smallest absolute Gasteiger partial charge is 0.0350 e. The van der Waals surface area contributed by atoms with E-state index in [9.17, 15) is 0 Å². The molecule has 1 rings (SSSR count). The van der Waals surface area contributed by atoms with E-state index < -0.39 is 0 Å². The summed E-state index contributed by atoms with van der Waals surface area (Å²) in [5, 5.41) is 0. The van der Waals surface area contributed by atoms with Crippen molar-refractivity contribution < 1.29 is 0 Å². The van der Waals surface area contributed by atoms with Gasteiger partial charge in [-0.25, -0.2) is 0 Å². The highest BCUT2D eigenvalue weighted by Crippen LogP contribution is 2.43. The Kier molecular flexibility index (Phi) is 20.8. The summed E-state index contributed by atoms with van der Waals surface area (Å²) in [6, 6.07) is 6.70. The summed E-state index contributed by atoms with van der Waals surface area (Å²) in [6.07, 6.45) is 12.2. The normalized spacial score (nSPS) is 12.7. The third kappa shape index (κ3) is 10.9. The van der Waals surface area contributed by atoms with E-state index in [-0.39, 0.29) is 5.92 Å². The van der Waals surface area contributed by atoms with Gasteiger partial charge in [0.2, 0.25) is 0 Å². The SMILES string of the molecule is C#C.C=C(C)/C(=C(C)\C(N)=C/C)C(/C(C(=C)C)=C(/C)CC)c1ccc(C)cc1C.CC.CCC. The Hall–Kier alpha value is -2.72. The van der Waals surface area contributed by atoms with E-state index in [1.807, 2.05) is 26.8 Å². The summed E-state index contributed by atoms with van der Waals surface area (Å²) >= 11 is 0. The van der Waals surface area contributed by atoms with Crippen molar-refractivity contribution in [3.05, 3.63) is 93.3 Å². The summed E-state index contributed by atoms with van der Waals surface area (Å²) in [4.78, 5) is 0. The third-order valence-electron chi connectivity index (χ3n) is 5.37. The fraction of sp³-hybridized carbons (Fsp3) is 0.455. The predicted octanol–water partition coefficient (Wildman–Crippen LogP) is 10.1. The van der Waals surface area contributed by atoms with Gasteiger partial charge in [0.15, 0.2) is 0 Å². The van der Waals surface area contributed by atoms with Gasteiger partial charge in [-0.15, -0.1) is 12.8 Å². The first-order valence-corrected chi connectivity index (χ1v) is 12.5. The Morgan fingerprint density at radius 1 is 0.941 bits per heavy atom. The number of allylic oxidation sites excluding steroid dienone is 7. The molecular formula is C33H53N. The van der Waals surface area contributed by atoms with Gasteiger partial charge in [-0.3, -0.25) is 0 Å². The van der Waals surface area contributed by atoms with Crippen molar-refractivity contribution in [2.45, 2.75) is 102 Å². The number of nitrogens with two attached hydrogens (primary N) is 1. The molecule has 0 radical (unpaired) electrons. The third-order valence-corrected chi connectivity index (χ3v) is 5.37. The Morgan fingerprint density at radius 2 is 1.38 bits per heavy atom. The van der Waals surface area contributed by atoms with Gasteiger partial charge in [0.1, 0.15) is 0 Å². The predicted molar refractivity (Wildman–Crippen MR) is 159 cm³/mol. The van der Waals surface area contributed by atoms with Gasteiger partial charge in [0.05, 0.1) is 0 Å². The molecule has 1 aromatic carbocycles. The summed E-state index contributed by atoms with van der Waals surface area (Å²) in [6.45, 7) is 33.9. The van der Waals surface area contributed by atoms with Crippen molar-refractivity contribution in [1.29, 1.82) is 0 Å². The van der Waals surface area contributed by atoms with Crippen LogP contribution in [0.3, 0.4) is 0 Å². The molecule has 0 fully saturated rings. The van der Waals surface area contributed by atoms with E-state index in [4.69, 9.17) is 5.73 Å². The van der Waals surface area contributed by atoms with E-state index in [2.05, 4.69) is 107 Å². The first kappa shape index (κ1) is 35.9. The molecule has 0 aliphatic rings. The van der Waals surface area contributed by atoms with Crippen molar-refractivity contribution in [1.82, 2.24) is 0 Å². The Labute approximate surface area is 213 Å². The second kappa shape index (κ2) is 19.7. The fourth-order valence-electron chi connectivity index (χ4n) is 3.81. The lowest BCUT2D eigenvalue weighted by Gasteiger charge is -2.30. The maximum absolute atomic E-state index is 6.34. The quantitative estimate of drug-likeness (QED) is 0.316. The van der Waals surface area contributed by atoms with Crippen molar-refractivity contribution in [3.8, 4) is 12.8 Å². The molecule has 190 valence electrons. The number of hydrogen-bond donors (Lipinski definition) is 1. The van der Waals surface area contributed by atoms with Crippen molar-refractivity contribution in [2.75, 3.05) is 0 Å². The Morgan fingerprint density at radius 3 is 1.71 bits per heavy atom. The van der Waals surface area contributed by atoms with Crippen LogP contribution in [0.5, 0.6) is 0 Å². The minimum atomic E-state index is 0.0825. The molecule has 1 unspecified atom stereocenters. The maximum atomic E-state index is 6.34. The van der Waals surface area contributed by atoms with Gasteiger partial charge in [0, 0.05) is 11.6 Å². The molecule has 0 amide bonds. The van der Waals surface area contributed by atoms with Crippen LogP contribution in [-0.2, 0) is 0 Å². The van der Waals surface area contributed by atoms with Crippen molar-refractivity contribution >= 4 is 0 Å². The zero-order valence-corrected chi connectivity index (χ0v) is 24.4. The fourth-order valence-corrected chi connectivity index (χ4v) is 3.81. The zero-order chi connectivity index (χ0) is 27.6. The van der Waals surface area contributed by atoms with Gasteiger partial charge < -0.3 is 5.73 Å². The molecule has 1 atom stereocenters. The highest BCUT2D eigenvalue weighted by atomic mass is 14.6.